The van der Waals surface area contributed by atoms with E-state index >= 15 is 0 Å². The standard InChI is InChI=1S/C21H18ClNO2S/c22-17-8-6-15(7-9-17)19-14-18(20(24)16-4-2-1-3-5-16)21(26-19)23-10-12-25-13-11-23/h1-9,14H,10-13H2. The Morgan fingerprint density at radius 3 is 2.38 bits per heavy atom. The molecule has 132 valence electrons. The maximum Gasteiger partial charge on any atom is 0.196 e. The number of hydrogen-bond acceptors (Lipinski definition) is 4. The Morgan fingerprint density at radius 2 is 1.69 bits per heavy atom. The third kappa shape index (κ3) is 3.54. The topological polar surface area (TPSA) is 29.5 Å². The largest absolute Gasteiger partial charge is 0.378 e. The minimum atomic E-state index is 0.0588. The van der Waals surface area contributed by atoms with Crippen molar-refractivity contribution >= 4 is 33.7 Å². The molecule has 2 heterocycles. The van der Waals surface area contributed by atoms with E-state index in [9.17, 15) is 4.79 Å². The highest BCUT2D eigenvalue weighted by Crippen LogP contribution is 2.39. The van der Waals surface area contributed by atoms with E-state index in [4.69, 9.17) is 16.3 Å². The Bertz CT molecular complexity index is 900. The van der Waals surface area contributed by atoms with Gasteiger partial charge in [0, 0.05) is 28.6 Å². The van der Waals surface area contributed by atoms with E-state index in [0.29, 0.717) is 23.8 Å². The van der Waals surface area contributed by atoms with Crippen molar-refractivity contribution in [3.63, 3.8) is 0 Å². The molecular weight excluding hydrogens is 366 g/mol. The first-order chi connectivity index (χ1) is 12.7. The first kappa shape index (κ1) is 17.3. The molecule has 0 saturated carbocycles. The summed E-state index contributed by atoms with van der Waals surface area (Å²) in [6.07, 6.45) is 0. The Hall–Kier alpha value is -2.14. The van der Waals surface area contributed by atoms with Crippen LogP contribution in [0, 0.1) is 0 Å². The molecule has 0 spiro atoms. The number of ketones is 1. The molecule has 5 heteroatoms. The van der Waals surface area contributed by atoms with Crippen molar-refractivity contribution in [3.8, 4) is 10.4 Å². The molecule has 0 amide bonds. The summed E-state index contributed by atoms with van der Waals surface area (Å²) in [6, 6.07) is 19.2. The van der Waals surface area contributed by atoms with Gasteiger partial charge in [-0.25, -0.2) is 0 Å². The minimum absolute atomic E-state index is 0.0588. The van der Waals surface area contributed by atoms with Crippen LogP contribution >= 0.6 is 22.9 Å². The summed E-state index contributed by atoms with van der Waals surface area (Å²) in [6.45, 7) is 2.98. The van der Waals surface area contributed by atoms with Crippen molar-refractivity contribution < 1.29 is 9.53 Å². The van der Waals surface area contributed by atoms with Crippen molar-refractivity contribution in [2.75, 3.05) is 31.2 Å². The smallest absolute Gasteiger partial charge is 0.196 e. The summed E-state index contributed by atoms with van der Waals surface area (Å²) in [5.74, 6) is 0.0588. The number of anilines is 1. The highest BCUT2D eigenvalue weighted by Gasteiger charge is 2.23. The molecule has 3 nitrogen and oxygen atoms in total. The van der Waals surface area contributed by atoms with Crippen LogP contribution < -0.4 is 4.90 Å². The quantitative estimate of drug-likeness (QED) is 0.584. The number of hydrogen-bond donors (Lipinski definition) is 0. The number of thiophene rings is 1. The number of halogens is 1. The van der Waals surface area contributed by atoms with Crippen LogP contribution in [0.2, 0.25) is 5.02 Å². The third-order valence-corrected chi connectivity index (χ3v) is 5.92. The maximum atomic E-state index is 13.1. The molecule has 1 aliphatic rings. The van der Waals surface area contributed by atoms with Gasteiger partial charge in [-0.1, -0.05) is 54.1 Å². The molecule has 4 rings (SSSR count). The highest BCUT2D eigenvalue weighted by molar-refractivity contribution is 7.19. The maximum absolute atomic E-state index is 13.1. The summed E-state index contributed by atoms with van der Waals surface area (Å²) < 4.78 is 5.47. The van der Waals surface area contributed by atoms with Crippen LogP contribution in [0.15, 0.2) is 60.7 Å². The molecule has 0 atom stereocenters. The first-order valence-electron chi connectivity index (χ1n) is 8.54. The Kier molecular flexibility index (Phi) is 5.07. The number of benzene rings is 2. The second kappa shape index (κ2) is 7.62. The molecule has 0 N–H and O–H groups in total. The number of ether oxygens (including phenoxy) is 1. The van der Waals surface area contributed by atoms with Crippen molar-refractivity contribution in [2.24, 2.45) is 0 Å². The molecule has 0 bridgehead atoms. The third-order valence-electron chi connectivity index (χ3n) is 4.42. The van der Waals surface area contributed by atoms with E-state index in [1.807, 2.05) is 60.7 Å². The van der Waals surface area contributed by atoms with Gasteiger partial charge in [0.15, 0.2) is 5.78 Å². The zero-order chi connectivity index (χ0) is 17.9. The van der Waals surface area contributed by atoms with E-state index in [0.717, 1.165) is 34.1 Å². The van der Waals surface area contributed by atoms with Crippen molar-refractivity contribution in [3.05, 3.63) is 76.8 Å². The van der Waals surface area contributed by atoms with E-state index < -0.39 is 0 Å². The fourth-order valence-corrected chi connectivity index (χ4v) is 4.39. The Labute approximate surface area is 161 Å². The fraction of sp³-hybridized carbons (Fsp3) is 0.190. The lowest BCUT2D eigenvalue weighted by atomic mass is 10.0. The van der Waals surface area contributed by atoms with Gasteiger partial charge in [0.2, 0.25) is 0 Å². The molecule has 1 aliphatic heterocycles. The molecule has 2 aromatic carbocycles. The zero-order valence-electron chi connectivity index (χ0n) is 14.2. The predicted octanol–water partition coefficient (Wildman–Crippen LogP) is 5.14. The number of carbonyl (C=O) groups is 1. The normalized spacial score (nSPS) is 14.4. The number of morpholine rings is 1. The SMILES string of the molecule is O=C(c1ccccc1)c1cc(-c2ccc(Cl)cc2)sc1N1CCOCC1. The van der Waals surface area contributed by atoms with E-state index in [1.54, 1.807) is 11.3 Å². The van der Waals surface area contributed by atoms with Crippen molar-refractivity contribution in [1.82, 2.24) is 0 Å². The summed E-state index contributed by atoms with van der Waals surface area (Å²) in [5.41, 5.74) is 2.54. The van der Waals surface area contributed by atoms with Crippen LogP contribution in [0.5, 0.6) is 0 Å². The molecule has 26 heavy (non-hydrogen) atoms. The minimum Gasteiger partial charge on any atom is -0.378 e. The number of carbonyl (C=O) groups excluding carboxylic acids is 1. The van der Waals surface area contributed by atoms with E-state index in [-0.39, 0.29) is 5.78 Å². The van der Waals surface area contributed by atoms with Gasteiger partial charge in [-0.05, 0) is 23.8 Å². The van der Waals surface area contributed by atoms with Gasteiger partial charge in [0.05, 0.1) is 18.8 Å². The van der Waals surface area contributed by atoms with Crippen molar-refractivity contribution in [2.45, 2.75) is 0 Å². The highest BCUT2D eigenvalue weighted by atomic mass is 35.5. The lowest BCUT2D eigenvalue weighted by Crippen LogP contribution is -2.36. The molecule has 1 saturated heterocycles. The molecule has 1 aromatic heterocycles. The van der Waals surface area contributed by atoms with Crippen LogP contribution in [0.25, 0.3) is 10.4 Å². The second-order valence-electron chi connectivity index (χ2n) is 6.13. The molecule has 1 fully saturated rings. The first-order valence-corrected chi connectivity index (χ1v) is 9.74. The van der Waals surface area contributed by atoms with Crippen LogP contribution in [0.4, 0.5) is 5.00 Å². The molecule has 0 aliphatic carbocycles. The lowest BCUT2D eigenvalue weighted by molar-refractivity contribution is 0.103. The average molecular weight is 384 g/mol. The van der Waals surface area contributed by atoms with Gasteiger partial charge in [-0.3, -0.25) is 4.79 Å². The van der Waals surface area contributed by atoms with Gasteiger partial charge < -0.3 is 9.64 Å². The molecule has 0 radical (unpaired) electrons. The van der Waals surface area contributed by atoms with Crippen LogP contribution in [0.1, 0.15) is 15.9 Å². The van der Waals surface area contributed by atoms with Crippen molar-refractivity contribution in [1.29, 1.82) is 0 Å². The molecule has 3 aromatic rings. The molecular formula is C21H18ClNO2S. The van der Waals surface area contributed by atoms with Gasteiger partial charge in [-0.2, -0.15) is 0 Å². The van der Waals surface area contributed by atoms with Gasteiger partial charge in [-0.15, -0.1) is 11.3 Å². The fourth-order valence-electron chi connectivity index (χ4n) is 3.05. The second-order valence-corrected chi connectivity index (χ2v) is 7.60. The Balaban J connectivity index is 1.77. The van der Waals surface area contributed by atoms with Gasteiger partial charge in [0.25, 0.3) is 0 Å². The van der Waals surface area contributed by atoms with Crippen LogP contribution in [0.3, 0.4) is 0 Å². The summed E-state index contributed by atoms with van der Waals surface area (Å²) in [4.78, 5) is 16.5. The summed E-state index contributed by atoms with van der Waals surface area (Å²) >= 11 is 7.67. The Morgan fingerprint density at radius 1 is 1.00 bits per heavy atom. The van der Waals surface area contributed by atoms with E-state index in [1.165, 1.54) is 0 Å². The van der Waals surface area contributed by atoms with Crippen LogP contribution in [-0.2, 0) is 4.74 Å². The predicted molar refractivity (Wildman–Crippen MR) is 108 cm³/mol. The monoisotopic (exact) mass is 383 g/mol. The summed E-state index contributed by atoms with van der Waals surface area (Å²) in [7, 11) is 0. The van der Waals surface area contributed by atoms with E-state index in [2.05, 4.69) is 4.90 Å². The number of rotatable bonds is 4. The number of nitrogens with zero attached hydrogens (tertiary/aromatic N) is 1. The summed E-state index contributed by atoms with van der Waals surface area (Å²) in [5, 5.41) is 1.73. The van der Waals surface area contributed by atoms with Gasteiger partial charge in [0.1, 0.15) is 5.00 Å². The lowest BCUT2D eigenvalue weighted by Gasteiger charge is -2.28. The average Bonchev–Trinajstić information content (AvgIpc) is 3.15. The van der Waals surface area contributed by atoms with Crippen LogP contribution in [-0.4, -0.2) is 32.1 Å². The molecule has 0 unspecified atom stereocenters. The van der Waals surface area contributed by atoms with Gasteiger partial charge >= 0.3 is 0 Å². The zero-order valence-corrected chi connectivity index (χ0v) is 15.7.